The van der Waals surface area contributed by atoms with Crippen LogP contribution in [-0.4, -0.2) is 7.11 Å². The van der Waals surface area contributed by atoms with Gasteiger partial charge >= 0.3 is 0 Å². The lowest BCUT2D eigenvalue weighted by molar-refractivity contribution is 0.414. The smallest absolute Gasteiger partial charge is 0.137 e. The van der Waals surface area contributed by atoms with Crippen LogP contribution in [0.4, 0.5) is 0 Å². The highest BCUT2D eigenvalue weighted by Gasteiger charge is 2.12. The number of thiophene rings is 1. The zero-order chi connectivity index (χ0) is 12.4. The first-order chi connectivity index (χ1) is 8.11. The summed E-state index contributed by atoms with van der Waals surface area (Å²) in [5, 5.41) is 2.63. The number of ether oxygens (including phenoxy) is 1. The summed E-state index contributed by atoms with van der Waals surface area (Å²) in [4.78, 5) is 0. The molecular weight excluding hydrogens is 322 g/mol. The predicted octanol–water partition coefficient (Wildman–Crippen LogP) is 4.22. The molecule has 0 radical (unpaired) electrons. The summed E-state index contributed by atoms with van der Waals surface area (Å²) in [5.74, 6) is 0.647. The van der Waals surface area contributed by atoms with E-state index in [1.165, 1.54) is 0 Å². The molecule has 90 valence electrons. The van der Waals surface area contributed by atoms with Crippen LogP contribution in [0.2, 0.25) is 5.02 Å². The quantitative estimate of drug-likeness (QED) is 0.913. The number of methoxy groups -OCH3 is 1. The molecule has 2 rings (SSSR count). The van der Waals surface area contributed by atoms with Gasteiger partial charge in [-0.1, -0.05) is 17.7 Å². The Kier molecular flexibility index (Phi) is 4.09. The fourth-order valence-electron chi connectivity index (χ4n) is 1.55. The van der Waals surface area contributed by atoms with Gasteiger partial charge in [0.2, 0.25) is 0 Å². The van der Waals surface area contributed by atoms with Crippen molar-refractivity contribution < 1.29 is 4.74 Å². The second kappa shape index (κ2) is 5.40. The topological polar surface area (TPSA) is 35.2 Å². The van der Waals surface area contributed by atoms with Gasteiger partial charge in [-0.15, -0.1) is 11.3 Å². The minimum absolute atomic E-state index is 0.163. The van der Waals surface area contributed by atoms with Crippen molar-refractivity contribution in [3.05, 3.63) is 49.6 Å². The van der Waals surface area contributed by atoms with Crippen molar-refractivity contribution in [2.24, 2.45) is 5.73 Å². The van der Waals surface area contributed by atoms with Crippen LogP contribution >= 0.6 is 38.9 Å². The lowest BCUT2D eigenvalue weighted by Gasteiger charge is -2.12. The average molecular weight is 333 g/mol. The lowest BCUT2D eigenvalue weighted by Crippen LogP contribution is -2.10. The van der Waals surface area contributed by atoms with E-state index < -0.39 is 0 Å². The van der Waals surface area contributed by atoms with Crippen LogP contribution in [0.25, 0.3) is 0 Å². The highest BCUT2D eigenvalue weighted by Crippen LogP contribution is 2.32. The molecule has 1 aromatic heterocycles. The maximum Gasteiger partial charge on any atom is 0.137 e. The standard InChI is InChI=1S/C12H11BrClNOS/c1-16-10-4-7(2-3-9(10)14)12(15)8-5-11(13)17-6-8/h2-6,12H,15H2,1H3. The van der Waals surface area contributed by atoms with Crippen molar-refractivity contribution in [2.75, 3.05) is 7.11 Å². The van der Waals surface area contributed by atoms with Crippen LogP contribution in [0.1, 0.15) is 17.2 Å². The molecule has 0 aliphatic carbocycles. The molecule has 2 aromatic rings. The molecule has 1 aromatic carbocycles. The van der Waals surface area contributed by atoms with Gasteiger partial charge in [-0.25, -0.2) is 0 Å². The van der Waals surface area contributed by atoms with Gasteiger partial charge in [-0.2, -0.15) is 0 Å². The largest absolute Gasteiger partial charge is 0.495 e. The normalized spacial score (nSPS) is 12.5. The van der Waals surface area contributed by atoms with E-state index in [1.54, 1.807) is 24.5 Å². The monoisotopic (exact) mass is 331 g/mol. The number of benzene rings is 1. The van der Waals surface area contributed by atoms with Gasteiger partial charge in [0.1, 0.15) is 5.75 Å². The van der Waals surface area contributed by atoms with Gasteiger partial charge in [-0.3, -0.25) is 0 Å². The summed E-state index contributed by atoms with van der Waals surface area (Å²) < 4.78 is 6.26. The Hall–Kier alpha value is -0.550. The van der Waals surface area contributed by atoms with Crippen LogP contribution in [0.3, 0.4) is 0 Å². The minimum atomic E-state index is -0.163. The van der Waals surface area contributed by atoms with Gasteiger partial charge in [0.05, 0.1) is 22.0 Å². The van der Waals surface area contributed by atoms with E-state index in [1.807, 2.05) is 23.6 Å². The molecule has 1 heterocycles. The van der Waals surface area contributed by atoms with Gasteiger partial charge in [0.25, 0.3) is 0 Å². The Morgan fingerprint density at radius 2 is 2.12 bits per heavy atom. The Morgan fingerprint density at radius 3 is 2.71 bits per heavy atom. The molecule has 0 aliphatic heterocycles. The third-order valence-corrected chi connectivity index (χ3v) is 4.32. The first-order valence-corrected chi connectivity index (χ1v) is 7.00. The van der Waals surface area contributed by atoms with Crippen molar-refractivity contribution >= 4 is 38.9 Å². The van der Waals surface area contributed by atoms with E-state index in [0.29, 0.717) is 10.8 Å². The van der Waals surface area contributed by atoms with Crippen LogP contribution in [0.5, 0.6) is 5.75 Å². The summed E-state index contributed by atoms with van der Waals surface area (Å²) in [6.07, 6.45) is 0. The molecular formula is C12H11BrClNOS. The Morgan fingerprint density at radius 1 is 1.35 bits per heavy atom. The van der Waals surface area contributed by atoms with Crippen molar-refractivity contribution in [3.8, 4) is 5.75 Å². The van der Waals surface area contributed by atoms with Gasteiger partial charge in [0.15, 0.2) is 0 Å². The third-order valence-electron chi connectivity index (χ3n) is 2.48. The van der Waals surface area contributed by atoms with E-state index >= 15 is 0 Å². The van der Waals surface area contributed by atoms with Gasteiger partial charge in [0, 0.05) is 0 Å². The minimum Gasteiger partial charge on any atom is -0.495 e. The highest BCUT2D eigenvalue weighted by atomic mass is 79.9. The van der Waals surface area contributed by atoms with Crippen LogP contribution < -0.4 is 10.5 Å². The summed E-state index contributed by atoms with van der Waals surface area (Å²) in [6.45, 7) is 0. The molecule has 0 saturated heterocycles. The number of hydrogen-bond donors (Lipinski definition) is 1. The fourth-order valence-corrected chi connectivity index (χ4v) is 2.96. The Balaban J connectivity index is 2.34. The molecule has 0 saturated carbocycles. The van der Waals surface area contributed by atoms with Crippen LogP contribution in [-0.2, 0) is 0 Å². The van der Waals surface area contributed by atoms with Crippen LogP contribution in [0.15, 0.2) is 33.4 Å². The first kappa shape index (κ1) is 12.9. The Bertz CT molecular complexity index is 529. The molecule has 0 fully saturated rings. The summed E-state index contributed by atoms with van der Waals surface area (Å²) in [7, 11) is 1.59. The molecule has 5 heteroatoms. The molecule has 2 N–H and O–H groups in total. The second-order valence-electron chi connectivity index (χ2n) is 3.56. The van der Waals surface area contributed by atoms with Gasteiger partial charge < -0.3 is 10.5 Å². The van der Waals surface area contributed by atoms with E-state index in [0.717, 1.165) is 14.9 Å². The SMILES string of the molecule is COc1cc(C(N)c2csc(Br)c2)ccc1Cl. The van der Waals surface area contributed by atoms with E-state index in [9.17, 15) is 0 Å². The van der Waals surface area contributed by atoms with Crippen molar-refractivity contribution in [3.63, 3.8) is 0 Å². The van der Waals surface area contributed by atoms with E-state index in [2.05, 4.69) is 15.9 Å². The second-order valence-corrected chi connectivity index (χ2v) is 6.25. The number of halogens is 2. The molecule has 2 nitrogen and oxygen atoms in total. The average Bonchev–Trinajstić information content (AvgIpc) is 2.75. The summed E-state index contributed by atoms with van der Waals surface area (Å²) in [5.41, 5.74) is 8.25. The van der Waals surface area contributed by atoms with Crippen molar-refractivity contribution in [1.29, 1.82) is 0 Å². The zero-order valence-electron chi connectivity index (χ0n) is 9.11. The summed E-state index contributed by atoms with van der Waals surface area (Å²) in [6, 6.07) is 7.45. The zero-order valence-corrected chi connectivity index (χ0v) is 12.3. The van der Waals surface area contributed by atoms with Crippen molar-refractivity contribution in [1.82, 2.24) is 0 Å². The maximum atomic E-state index is 6.19. The lowest BCUT2D eigenvalue weighted by atomic mass is 10.0. The number of hydrogen-bond acceptors (Lipinski definition) is 3. The molecule has 0 spiro atoms. The molecule has 0 aliphatic rings. The highest BCUT2D eigenvalue weighted by molar-refractivity contribution is 9.11. The van der Waals surface area contributed by atoms with Crippen molar-refractivity contribution in [2.45, 2.75) is 6.04 Å². The number of rotatable bonds is 3. The first-order valence-electron chi connectivity index (χ1n) is 4.94. The molecule has 17 heavy (non-hydrogen) atoms. The molecule has 1 unspecified atom stereocenters. The van der Waals surface area contributed by atoms with Crippen LogP contribution in [0, 0.1) is 0 Å². The van der Waals surface area contributed by atoms with Gasteiger partial charge in [-0.05, 0) is 50.6 Å². The molecule has 0 bridgehead atoms. The van der Waals surface area contributed by atoms with E-state index in [4.69, 9.17) is 22.1 Å². The maximum absolute atomic E-state index is 6.19. The Labute approximate surface area is 117 Å². The number of nitrogens with two attached hydrogens (primary N) is 1. The molecule has 1 atom stereocenters. The summed E-state index contributed by atoms with van der Waals surface area (Å²) >= 11 is 11.0. The predicted molar refractivity (Wildman–Crippen MR) is 76.1 cm³/mol. The molecule has 0 amide bonds. The third kappa shape index (κ3) is 2.83. The fraction of sp³-hybridized carbons (Fsp3) is 0.167. The van der Waals surface area contributed by atoms with E-state index in [-0.39, 0.29) is 6.04 Å².